The molecule has 0 aromatic heterocycles. The maximum atomic E-state index is 11.9. The van der Waals surface area contributed by atoms with Gasteiger partial charge >= 0.3 is 5.97 Å². The van der Waals surface area contributed by atoms with E-state index in [0.29, 0.717) is 5.75 Å². The van der Waals surface area contributed by atoms with Crippen LogP contribution in [-0.2, 0) is 4.79 Å². The third-order valence-electron chi connectivity index (χ3n) is 3.38. The third kappa shape index (κ3) is 3.36. The zero-order valence-electron chi connectivity index (χ0n) is 11.8. The number of hydrogen-bond donors (Lipinski definition) is 2. The average molecular weight is 294 g/mol. The molecule has 0 radical (unpaired) electrons. The number of ether oxygens (including phenoxy) is 2. The van der Waals surface area contributed by atoms with E-state index in [9.17, 15) is 9.59 Å². The first-order valence-corrected chi connectivity index (χ1v) is 6.64. The van der Waals surface area contributed by atoms with Crippen LogP contribution in [0.2, 0.25) is 0 Å². The molecule has 0 saturated carbocycles. The monoisotopic (exact) mass is 294 g/mol. The molecule has 0 atom stereocenters. The molecular weight excluding hydrogens is 276 g/mol. The number of methoxy groups -OCH3 is 1. The zero-order valence-corrected chi connectivity index (χ0v) is 11.8. The smallest absolute Gasteiger partial charge is 0.337 e. The predicted molar refractivity (Wildman–Crippen MR) is 75.7 cm³/mol. The first-order valence-electron chi connectivity index (χ1n) is 6.64. The van der Waals surface area contributed by atoms with Crippen LogP contribution in [0, 0.1) is 0 Å². The van der Waals surface area contributed by atoms with Crippen molar-refractivity contribution in [2.75, 3.05) is 32.5 Å². The molecule has 2 rings (SSSR count). The lowest BCUT2D eigenvalue weighted by atomic mass is 10.1. The highest BCUT2D eigenvalue weighted by molar-refractivity contribution is 5.94. The van der Waals surface area contributed by atoms with Gasteiger partial charge in [0.05, 0.1) is 18.4 Å². The molecule has 21 heavy (non-hydrogen) atoms. The number of rotatable bonds is 5. The van der Waals surface area contributed by atoms with E-state index in [-0.39, 0.29) is 29.5 Å². The van der Waals surface area contributed by atoms with Gasteiger partial charge in [0.1, 0.15) is 0 Å². The van der Waals surface area contributed by atoms with Crippen LogP contribution < -0.4 is 15.2 Å². The lowest BCUT2D eigenvalue weighted by Crippen LogP contribution is -2.32. The fourth-order valence-electron chi connectivity index (χ4n) is 2.23. The molecule has 0 unspecified atom stereocenters. The van der Waals surface area contributed by atoms with Crippen molar-refractivity contribution in [3.63, 3.8) is 0 Å². The summed E-state index contributed by atoms with van der Waals surface area (Å²) >= 11 is 0. The Hall–Kier alpha value is -2.44. The standard InChI is InChI=1S/C14H18N2O5/c1-20-11-7-10(15)9(14(18)19)6-12(11)21-8-13(17)16-4-2-3-5-16/h6-7H,2-5,8,15H2,1H3,(H,18,19). The van der Waals surface area contributed by atoms with Gasteiger partial charge in [0.2, 0.25) is 0 Å². The normalized spacial score (nSPS) is 14.0. The summed E-state index contributed by atoms with van der Waals surface area (Å²) < 4.78 is 10.5. The second-order valence-corrected chi connectivity index (χ2v) is 4.77. The molecule has 1 saturated heterocycles. The number of carboxylic acid groups (broad SMARTS) is 1. The molecular formula is C14H18N2O5. The number of anilines is 1. The second-order valence-electron chi connectivity index (χ2n) is 4.77. The molecule has 0 bridgehead atoms. The second kappa shape index (κ2) is 6.34. The van der Waals surface area contributed by atoms with Gasteiger partial charge in [0, 0.05) is 25.2 Å². The van der Waals surface area contributed by atoms with Gasteiger partial charge in [0.15, 0.2) is 18.1 Å². The van der Waals surface area contributed by atoms with Crippen LogP contribution in [0.15, 0.2) is 12.1 Å². The Bertz CT molecular complexity index is 553. The van der Waals surface area contributed by atoms with Gasteiger partial charge < -0.3 is 25.2 Å². The molecule has 1 fully saturated rings. The van der Waals surface area contributed by atoms with Crippen molar-refractivity contribution in [2.24, 2.45) is 0 Å². The van der Waals surface area contributed by atoms with Crippen LogP contribution in [-0.4, -0.2) is 48.7 Å². The molecule has 0 aliphatic carbocycles. The molecule has 114 valence electrons. The molecule has 0 spiro atoms. The van der Waals surface area contributed by atoms with Gasteiger partial charge in [-0.05, 0) is 12.8 Å². The number of hydrogen-bond acceptors (Lipinski definition) is 5. The SMILES string of the molecule is COc1cc(N)c(C(=O)O)cc1OCC(=O)N1CCCC1. The quantitative estimate of drug-likeness (QED) is 0.785. The number of carbonyl (C=O) groups is 2. The molecule has 7 heteroatoms. The highest BCUT2D eigenvalue weighted by Gasteiger charge is 2.20. The van der Waals surface area contributed by atoms with Crippen molar-refractivity contribution in [1.82, 2.24) is 4.90 Å². The van der Waals surface area contributed by atoms with E-state index >= 15 is 0 Å². The van der Waals surface area contributed by atoms with Crippen molar-refractivity contribution in [3.05, 3.63) is 17.7 Å². The number of carboxylic acids is 1. The average Bonchev–Trinajstić information content (AvgIpc) is 2.99. The first kappa shape index (κ1) is 15.0. The van der Waals surface area contributed by atoms with Gasteiger partial charge in [-0.25, -0.2) is 4.79 Å². The molecule has 3 N–H and O–H groups in total. The number of benzene rings is 1. The molecule has 1 aliphatic heterocycles. The fraction of sp³-hybridized carbons (Fsp3) is 0.429. The van der Waals surface area contributed by atoms with Crippen molar-refractivity contribution >= 4 is 17.6 Å². The summed E-state index contributed by atoms with van der Waals surface area (Å²) in [7, 11) is 1.42. The summed E-state index contributed by atoms with van der Waals surface area (Å²) in [5.41, 5.74) is 5.63. The summed E-state index contributed by atoms with van der Waals surface area (Å²) in [6, 6.07) is 2.65. The summed E-state index contributed by atoms with van der Waals surface area (Å²) in [5.74, 6) is -0.794. The molecule has 1 amide bonds. The van der Waals surface area contributed by atoms with Crippen LogP contribution in [0.3, 0.4) is 0 Å². The van der Waals surface area contributed by atoms with E-state index in [1.165, 1.54) is 19.2 Å². The van der Waals surface area contributed by atoms with E-state index < -0.39 is 5.97 Å². The Labute approximate surface area is 122 Å². The van der Waals surface area contributed by atoms with Crippen molar-refractivity contribution in [2.45, 2.75) is 12.8 Å². The third-order valence-corrected chi connectivity index (χ3v) is 3.38. The van der Waals surface area contributed by atoms with E-state index in [1.807, 2.05) is 0 Å². The Morgan fingerprint density at radius 2 is 1.95 bits per heavy atom. The number of nitrogen functional groups attached to an aromatic ring is 1. The lowest BCUT2D eigenvalue weighted by molar-refractivity contribution is -0.132. The van der Waals surface area contributed by atoms with E-state index in [1.54, 1.807) is 4.90 Å². The minimum absolute atomic E-state index is 0.0811. The zero-order chi connectivity index (χ0) is 15.4. The molecule has 7 nitrogen and oxygen atoms in total. The van der Waals surface area contributed by atoms with Gasteiger partial charge in [-0.2, -0.15) is 0 Å². The molecule has 1 heterocycles. The van der Waals surface area contributed by atoms with Crippen LogP contribution in [0.1, 0.15) is 23.2 Å². The van der Waals surface area contributed by atoms with Crippen LogP contribution in [0.4, 0.5) is 5.69 Å². The predicted octanol–water partition coefficient (Wildman–Crippen LogP) is 0.977. The number of nitrogens with zero attached hydrogens (tertiary/aromatic N) is 1. The summed E-state index contributed by atoms with van der Waals surface area (Å²) in [5, 5.41) is 9.05. The Morgan fingerprint density at radius 1 is 1.29 bits per heavy atom. The number of carbonyl (C=O) groups excluding carboxylic acids is 1. The first-order chi connectivity index (χ1) is 10.0. The van der Waals surface area contributed by atoms with E-state index in [2.05, 4.69) is 0 Å². The largest absolute Gasteiger partial charge is 0.493 e. The van der Waals surface area contributed by atoms with Crippen LogP contribution in [0.25, 0.3) is 0 Å². The Kier molecular flexibility index (Phi) is 4.52. The lowest BCUT2D eigenvalue weighted by Gasteiger charge is -2.17. The topological polar surface area (TPSA) is 102 Å². The molecule has 1 aromatic rings. The highest BCUT2D eigenvalue weighted by Crippen LogP contribution is 2.32. The van der Waals surface area contributed by atoms with Gasteiger partial charge in [0.25, 0.3) is 5.91 Å². The summed E-state index contributed by atoms with van der Waals surface area (Å²) in [4.78, 5) is 24.7. The van der Waals surface area contributed by atoms with Crippen molar-refractivity contribution in [3.8, 4) is 11.5 Å². The Morgan fingerprint density at radius 3 is 2.52 bits per heavy atom. The van der Waals surface area contributed by atoms with Crippen molar-refractivity contribution < 1.29 is 24.2 Å². The number of aromatic carboxylic acids is 1. The maximum Gasteiger partial charge on any atom is 0.337 e. The number of nitrogens with two attached hydrogens (primary N) is 1. The Balaban J connectivity index is 2.12. The van der Waals surface area contributed by atoms with Crippen LogP contribution >= 0.6 is 0 Å². The number of amides is 1. The minimum atomic E-state index is -1.16. The van der Waals surface area contributed by atoms with Gasteiger partial charge in [-0.1, -0.05) is 0 Å². The van der Waals surface area contributed by atoms with Crippen LogP contribution in [0.5, 0.6) is 11.5 Å². The minimum Gasteiger partial charge on any atom is -0.493 e. The highest BCUT2D eigenvalue weighted by atomic mass is 16.5. The fourth-order valence-corrected chi connectivity index (χ4v) is 2.23. The summed E-state index contributed by atoms with van der Waals surface area (Å²) in [6.45, 7) is 1.32. The van der Waals surface area contributed by atoms with Crippen molar-refractivity contribution in [1.29, 1.82) is 0 Å². The molecule has 1 aliphatic rings. The summed E-state index contributed by atoms with van der Waals surface area (Å²) in [6.07, 6.45) is 2.00. The number of likely N-dealkylation sites (tertiary alicyclic amines) is 1. The maximum absolute atomic E-state index is 11.9. The van der Waals surface area contributed by atoms with E-state index in [4.69, 9.17) is 20.3 Å². The molecule has 1 aromatic carbocycles. The van der Waals surface area contributed by atoms with Gasteiger partial charge in [-0.15, -0.1) is 0 Å². The van der Waals surface area contributed by atoms with E-state index in [0.717, 1.165) is 25.9 Å². The van der Waals surface area contributed by atoms with Gasteiger partial charge in [-0.3, -0.25) is 4.79 Å².